The Bertz CT molecular complexity index is 1600. The van der Waals surface area contributed by atoms with E-state index < -0.39 is 48.5 Å². The lowest BCUT2D eigenvalue weighted by Crippen LogP contribution is -2.29. The van der Waals surface area contributed by atoms with E-state index in [4.69, 9.17) is 10.5 Å². The van der Waals surface area contributed by atoms with Gasteiger partial charge in [-0.25, -0.2) is 23.7 Å². The van der Waals surface area contributed by atoms with Crippen molar-refractivity contribution < 1.29 is 39.9 Å². The number of alkyl halides is 6. The van der Waals surface area contributed by atoms with Crippen molar-refractivity contribution in [2.24, 2.45) is 0 Å². The van der Waals surface area contributed by atoms with Crippen molar-refractivity contribution in [3.05, 3.63) is 48.2 Å². The Morgan fingerprint density at radius 3 is 2.33 bits per heavy atom. The van der Waals surface area contributed by atoms with E-state index in [0.29, 0.717) is 29.4 Å². The second-order valence-corrected chi connectivity index (χ2v) is 9.82. The van der Waals surface area contributed by atoms with Crippen LogP contribution in [0.1, 0.15) is 0 Å². The molecule has 4 aromatic rings. The van der Waals surface area contributed by atoms with E-state index in [1.807, 2.05) is 19.0 Å². The number of likely N-dealkylation sites (N-methyl/N-ethyl adjacent to an activating group) is 2. The van der Waals surface area contributed by atoms with Gasteiger partial charge in [-0.15, -0.1) is 0 Å². The van der Waals surface area contributed by atoms with Gasteiger partial charge in [-0.05, 0) is 26.2 Å². The zero-order valence-corrected chi connectivity index (χ0v) is 23.0. The molecular formula is C26H26F8N8O. The predicted octanol–water partition coefficient (Wildman–Crippen LogP) is 5.60. The van der Waals surface area contributed by atoms with Crippen LogP contribution in [0.25, 0.3) is 22.6 Å². The molecule has 43 heavy (non-hydrogen) atoms. The Labute approximate surface area is 239 Å². The van der Waals surface area contributed by atoms with Gasteiger partial charge in [0.15, 0.2) is 18.2 Å². The van der Waals surface area contributed by atoms with Gasteiger partial charge in [-0.2, -0.15) is 26.3 Å². The summed E-state index contributed by atoms with van der Waals surface area (Å²) in [5.41, 5.74) is 5.50. The standard InChI is InChI=1S/C26H26F8N8O/c1-40(2)6-7-41(3)20-11-21(43-13-26(32,33)34)18(10-16(20)35)39-24-36-5-4-17(38-24)23-37-19-9-14(27)8-15(28)22(19)42(23)12-25(29,30)31/h4-5,8-11H,6-7,12-13,35H2,1-3H3,(H,36,38,39). The number of hydrogen-bond donors (Lipinski definition) is 2. The molecule has 0 atom stereocenters. The number of fused-ring (bicyclic) bond motifs is 1. The van der Waals surface area contributed by atoms with Gasteiger partial charge < -0.3 is 30.2 Å². The third kappa shape index (κ3) is 7.91. The molecule has 17 heteroatoms. The number of ether oxygens (including phenoxy) is 1. The molecule has 0 aliphatic rings. The molecule has 0 bridgehead atoms. The summed E-state index contributed by atoms with van der Waals surface area (Å²) in [5, 5.41) is 2.68. The molecule has 0 spiro atoms. The van der Waals surface area contributed by atoms with E-state index in [2.05, 4.69) is 20.3 Å². The topological polar surface area (TPSA) is 97.4 Å². The Hall–Kier alpha value is -4.41. The molecule has 9 nitrogen and oxygen atoms in total. The Morgan fingerprint density at radius 1 is 0.953 bits per heavy atom. The number of benzene rings is 2. The van der Waals surface area contributed by atoms with Crippen LogP contribution in [0.4, 0.5) is 58.1 Å². The SMILES string of the molecule is CN(C)CCN(C)c1cc(OCC(F)(F)F)c(Nc2nccc(-c3nc4cc(F)cc(F)c4n3CC(F)(F)F)n2)cc1N. The summed E-state index contributed by atoms with van der Waals surface area (Å²) in [5.74, 6) is -3.29. The van der Waals surface area contributed by atoms with Crippen LogP contribution >= 0.6 is 0 Å². The monoisotopic (exact) mass is 618 g/mol. The van der Waals surface area contributed by atoms with Gasteiger partial charge in [0, 0.05) is 44.5 Å². The number of aromatic nitrogens is 4. The van der Waals surface area contributed by atoms with Gasteiger partial charge in [0.25, 0.3) is 0 Å². The number of nitrogen functional groups attached to an aromatic ring is 1. The molecule has 2 heterocycles. The first kappa shape index (κ1) is 31.5. The molecule has 0 saturated heterocycles. The van der Waals surface area contributed by atoms with Gasteiger partial charge >= 0.3 is 12.4 Å². The van der Waals surface area contributed by atoms with Gasteiger partial charge in [0.05, 0.1) is 22.6 Å². The second-order valence-electron chi connectivity index (χ2n) is 9.82. The molecular weight excluding hydrogens is 592 g/mol. The Morgan fingerprint density at radius 2 is 1.67 bits per heavy atom. The average Bonchev–Trinajstić information content (AvgIpc) is 3.23. The lowest BCUT2D eigenvalue weighted by Gasteiger charge is -2.25. The number of anilines is 4. The number of halogens is 8. The molecule has 0 unspecified atom stereocenters. The molecule has 232 valence electrons. The zero-order chi connectivity index (χ0) is 31.7. The Kier molecular flexibility index (Phi) is 8.84. The maximum Gasteiger partial charge on any atom is 0.422 e. The minimum atomic E-state index is -4.80. The zero-order valence-electron chi connectivity index (χ0n) is 23.0. The highest BCUT2D eigenvalue weighted by molar-refractivity contribution is 5.82. The minimum absolute atomic E-state index is 0.0689. The van der Waals surface area contributed by atoms with Crippen LogP contribution in [-0.4, -0.2) is 77.6 Å². The quantitative estimate of drug-likeness (QED) is 0.175. The number of nitrogens with zero attached hydrogens (tertiary/aromatic N) is 6. The van der Waals surface area contributed by atoms with E-state index in [1.165, 1.54) is 18.2 Å². The normalized spacial score (nSPS) is 12.3. The molecule has 0 radical (unpaired) electrons. The number of nitrogens with two attached hydrogens (primary N) is 1. The van der Waals surface area contributed by atoms with Crippen LogP contribution < -0.4 is 20.7 Å². The third-order valence-corrected chi connectivity index (χ3v) is 6.04. The van der Waals surface area contributed by atoms with E-state index in [-0.39, 0.29) is 34.3 Å². The third-order valence-electron chi connectivity index (χ3n) is 6.04. The van der Waals surface area contributed by atoms with Gasteiger partial charge in [0.1, 0.15) is 29.3 Å². The molecule has 0 fully saturated rings. The second kappa shape index (κ2) is 12.1. The highest BCUT2D eigenvalue weighted by Gasteiger charge is 2.32. The fourth-order valence-electron chi connectivity index (χ4n) is 4.14. The summed E-state index contributed by atoms with van der Waals surface area (Å²) in [6.45, 7) is -2.19. The molecule has 2 aromatic carbocycles. The lowest BCUT2D eigenvalue weighted by atomic mass is 10.2. The molecule has 0 aliphatic heterocycles. The van der Waals surface area contributed by atoms with Crippen LogP contribution in [0, 0.1) is 11.6 Å². The molecule has 0 amide bonds. The van der Waals surface area contributed by atoms with E-state index >= 15 is 0 Å². The van der Waals surface area contributed by atoms with Gasteiger partial charge in [-0.3, -0.25) is 0 Å². The first-order valence-electron chi connectivity index (χ1n) is 12.5. The minimum Gasteiger partial charge on any atom is -0.482 e. The summed E-state index contributed by atoms with van der Waals surface area (Å²) < 4.78 is 113. The highest BCUT2D eigenvalue weighted by Crippen LogP contribution is 2.38. The van der Waals surface area contributed by atoms with Crippen LogP contribution in [0.2, 0.25) is 0 Å². The van der Waals surface area contributed by atoms with Crippen molar-refractivity contribution >= 4 is 34.0 Å². The van der Waals surface area contributed by atoms with E-state index in [1.54, 1.807) is 11.9 Å². The van der Waals surface area contributed by atoms with Crippen molar-refractivity contribution in [3.8, 4) is 17.3 Å². The molecule has 4 rings (SSSR count). The van der Waals surface area contributed by atoms with E-state index in [9.17, 15) is 35.1 Å². The molecule has 3 N–H and O–H groups in total. The first-order chi connectivity index (χ1) is 20.0. The average molecular weight is 619 g/mol. The molecule has 0 aliphatic carbocycles. The fraction of sp³-hybridized carbons (Fsp3) is 0.346. The molecule has 2 aromatic heterocycles. The van der Waals surface area contributed by atoms with E-state index in [0.717, 1.165) is 12.3 Å². The summed E-state index contributed by atoms with van der Waals surface area (Å²) in [6, 6.07) is 5.01. The summed E-state index contributed by atoms with van der Waals surface area (Å²) in [6.07, 6.45) is -8.33. The number of rotatable bonds is 10. The number of hydrogen-bond acceptors (Lipinski definition) is 8. The highest BCUT2D eigenvalue weighted by atomic mass is 19.4. The van der Waals surface area contributed by atoms with Crippen molar-refractivity contribution in [2.45, 2.75) is 18.9 Å². The fourth-order valence-corrected chi connectivity index (χ4v) is 4.14. The molecule has 0 saturated carbocycles. The van der Waals surface area contributed by atoms with Crippen LogP contribution in [-0.2, 0) is 6.54 Å². The largest absolute Gasteiger partial charge is 0.482 e. The smallest absolute Gasteiger partial charge is 0.422 e. The lowest BCUT2D eigenvalue weighted by molar-refractivity contribution is -0.153. The van der Waals surface area contributed by atoms with Crippen molar-refractivity contribution in [1.29, 1.82) is 0 Å². The van der Waals surface area contributed by atoms with Crippen molar-refractivity contribution in [3.63, 3.8) is 0 Å². The number of nitrogens with one attached hydrogen (secondary N) is 1. The first-order valence-corrected chi connectivity index (χ1v) is 12.5. The van der Waals surface area contributed by atoms with Crippen LogP contribution in [0.5, 0.6) is 5.75 Å². The Balaban J connectivity index is 1.75. The number of imidazole rings is 1. The van der Waals surface area contributed by atoms with Crippen molar-refractivity contribution in [1.82, 2.24) is 24.4 Å². The summed E-state index contributed by atoms with van der Waals surface area (Å²) >= 11 is 0. The summed E-state index contributed by atoms with van der Waals surface area (Å²) in [4.78, 5) is 15.7. The van der Waals surface area contributed by atoms with Gasteiger partial charge in [-0.1, -0.05) is 0 Å². The van der Waals surface area contributed by atoms with Crippen molar-refractivity contribution in [2.75, 3.05) is 56.8 Å². The predicted molar refractivity (Wildman–Crippen MR) is 144 cm³/mol. The maximum atomic E-state index is 14.6. The van der Waals surface area contributed by atoms with Crippen LogP contribution in [0.3, 0.4) is 0 Å². The van der Waals surface area contributed by atoms with Gasteiger partial charge in [0.2, 0.25) is 5.95 Å². The summed E-state index contributed by atoms with van der Waals surface area (Å²) in [7, 11) is 5.40. The maximum absolute atomic E-state index is 14.6. The van der Waals surface area contributed by atoms with Crippen LogP contribution in [0.15, 0.2) is 36.5 Å².